The molecule has 0 spiro atoms. The molecular formula is C24H55NO8Si2. The normalized spacial score (nSPS) is 12.5. The molecule has 0 aromatic heterocycles. The van der Waals surface area contributed by atoms with Gasteiger partial charge in [0.15, 0.2) is 0 Å². The molecule has 0 unspecified atom stereocenters. The predicted octanol–water partition coefficient (Wildman–Crippen LogP) is 4.27. The van der Waals surface area contributed by atoms with Crippen molar-refractivity contribution in [1.29, 1.82) is 0 Å². The Hall–Kier alpha value is 0.0738. The van der Waals surface area contributed by atoms with Crippen LogP contribution in [0, 0.1) is 0 Å². The molecule has 0 aromatic carbocycles. The van der Waals surface area contributed by atoms with Crippen LogP contribution >= 0.6 is 0 Å². The van der Waals surface area contributed by atoms with Crippen molar-refractivity contribution in [2.75, 3.05) is 79.2 Å². The maximum absolute atomic E-state index is 5.88. The van der Waals surface area contributed by atoms with Gasteiger partial charge < -0.3 is 41.3 Å². The molecule has 0 heterocycles. The van der Waals surface area contributed by atoms with Crippen molar-refractivity contribution >= 4 is 17.6 Å². The van der Waals surface area contributed by atoms with Crippen molar-refractivity contribution in [1.82, 2.24) is 5.32 Å². The quantitative estimate of drug-likeness (QED) is 0.115. The minimum absolute atomic E-state index is 0.621. The Kier molecular flexibility index (Phi) is 24.5. The molecule has 0 amide bonds. The summed E-state index contributed by atoms with van der Waals surface area (Å²) in [6, 6.07) is 1.68. The average Bonchev–Trinajstić information content (AvgIpc) is 2.82. The van der Waals surface area contributed by atoms with Crippen LogP contribution < -0.4 is 5.32 Å². The van der Waals surface area contributed by atoms with Crippen LogP contribution in [0.25, 0.3) is 0 Å². The van der Waals surface area contributed by atoms with Gasteiger partial charge in [-0.25, -0.2) is 0 Å². The maximum Gasteiger partial charge on any atom is 0.500 e. The van der Waals surface area contributed by atoms with Gasteiger partial charge in [-0.3, -0.25) is 0 Å². The van der Waals surface area contributed by atoms with Gasteiger partial charge in [0, 0.05) is 78.0 Å². The van der Waals surface area contributed by atoms with E-state index in [1.807, 2.05) is 41.5 Å². The van der Waals surface area contributed by atoms with Gasteiger partial charge >= 0.3 is 17.6 Å². The highest BCUT2D eigenvalue weighted by Gasteiger charge is 2.40. The van der Waals surface area contributed by atoms with Crippen LogP contribution in [0.15, 0.2) is 0 Å². The molecule has 0 fully saturated rings. The van der Waals surface area contributed by atoms with E-state index in [1.165, 1.54) is 0 Å². The Morgan fingerprint density at radius 2 is 0.743 bits per heavy atom. The fraction of sp³-hybridized carbons (Fsp3) is 1.00. The van der Waals surface area contributed by atoms with E-state index in [0.29, 0.717) is 52.9 Å². The van der Waals surface area contributed by atoms with Crippen molar-refractivity contribution in [3.8, 4) is 0 Å². The van der Waals surface area contributed by atoms with Crippen LogP contribution in [0.5, 0.6) is 0 Å². The van der Waals surface area contributed by atoms with E-state index in [1.54, 1.807) is 0 Å². The monoisotopic (exact) mass is 541 g/mol. The summed E-state index contributed by atoms with van der Waals surface area (Å²) in [5, 5.41) is 3.36. The highest BCUT2D eigenvalue weighted by molar-refractivity contribution is 6.61. The lowest BCUT2D eigenvalue weighted by Crippen LogP contribution is -2.45. The van der Waals surface area contributed by atoms with Crippen molar-refractivity contribution in [3.05, 3.63) is 0 Å². The number of hydrogen-bond donors (Lipinski definition) is 1. The van der Waals surface area contributed by atoms with Crippen LogP contribution in [0.1, 0.15) is 67.2 Å². The third-order valence-corrected chi connectivity index (χ3v) is 11.4. The van der Waals surface area contributed by atoms with Crippen molar-refractivity contribution in [2.24, 2.45) is 0 Å². The zero-order valence-electron chi connectivity index (χ0n) is 23.5. The minimum atomic E-state index is -2.52. The molecule has 0 radical (unpaired) electrons. The van der Waals surface area contributed by atoms with Gasteiger partial charge in [-0.1, -0.05) is 0 Å². The summed E-state index contributed by atoms with van der Waals surface area (Å²) in [6.07, 6.45) is 3.92. The highest BCUT2D eigenvalue weighted by Crippen LogP contribution is 2.20. The first kappa shape index (κ1) is 35.1. The van der Waals surface area contributed by atoms with E-state index < -0.39 is 17.6 Å². The van der Waals surface area contributed by atoms with Gasteiger partial charge in [0.1, 0.15) is 0 Å². The van der Waals surface area contributed by atoms with Gasteiger partial charge in [-0.15, -0.1) is 0 Å². The molecule has 1 N–H and O–H groups in total. The Labute approximate surface area is 217 Å². The Bertz CT molecular complexity index is 380. The topological polar surface area (TPSA) is 85.9 Å². The Balaban J connectivity index is 3.70. The van der Waals surface area contributed by atoms with E-state index in [9.17, 15) is 0 Å². The fourth-order valence-corrected chi connectivity index (χ4v) is 9.08. The Morgan fingerprint density at radius 1 is 0.429 bits per heavy atom. The van der Waals surface area contributed by atoms with Crippen molar-refractivity contribution < 1.29 is 36.0 Å². The van der Waals surface area contributed by atoms with Gasteiger partial charge in [-0.05, 0) is 67.2 Å². The van der Waals surface area contributed by atoms with Crippen LogP contribution in [0.3, 0.4) is 0 Å². The van der Waals surface area contributed by atoms with E-state index in [-0.39, 0.29) is 0 Å². The van der Waals surface area contributed by atoms with Crippen LogP contribution in [-0.4, -0.2) is 96.8 Å². The molecule has 0 saturated heterocycles. The lowest BCUT2D eigenvalue weighted by atomic mass is 10.3. The molecule has 0 saturated carbocycles. The zero-order chi connectivity index (χ0) is 26.1. The summed E-state index contributed by atoms with van der Waals surface area (Å²) in [6.45, 7) is 20.2. The van der Waals surface area contributed by atoms with E-state index in [4.69, 9.17) is 36.0 Å². The first-order chi connectivity index (χ1) is 17.1. The smallest absolute Gasteiger partial charge is 0.380 e. The van der Waals surface area contributed by atoms with E-state index in [0.717, 1.165) is 64.1 Å². The first-order valence-electron chi connectivity index (χ1n) is 13.8. The highest BCUT2D eigenvalue weighted by atomic mass is 28.4. The van der Waals surface area contributed by atoms with Gasteiger partial charge in [0.05, 0.1) is 13.2 Å². The zero-order valence-corrected chi connectivity index (χ0v) is 25.5. The third kappa shape index (κ3) is 18.0. The Morgan fingerprint density at radius 3 is 1.03 bits per heavy atom. The molecule has 11 heteroatoms. The second-order valence-corrected chi connectivity index (χ2v) is 13.3. The summed E-state index contributed by atoms with van der Waals surface area (Å²) in [5.74, 6) is 0. The maximum atomic E-state index is 5.88. The fourth-order valence-electron chi connectivity index (χ4n) is 3.71. The summed E-state index contributed by atoms with van der Waals surface area (Å²) < 4.78 is 46.8. The van der Waals surface area contributed by atoms with Crippen LogP contribution in [0.2, 0.25) is 12.1 Å². The number of unbranched alkanes of at least 4 members (excludes halogenated alkanes) is 2. The minimum Gasteiger partial charge on any atom is -0.380 e. The molecule has 0 aliphatic heterocycles. The van der Waals surface area contributed by atoms with Crippen molar-refractivity contribution in [3.63, 3.8) is 0 Å². The molecule has 0 aromatic rings. The average molecular weight is 542 g/mol. The first-order valence-corrected chi connectivity index (χ1v) is 17.6. The second kappa shape index (κ2) is 24.4. The molecule has 9 nitrogen and oxygen atoms in total. The van der Waals surface area contributed by atoms with E-state index >= 15 is 0 Å². The van der Waals surface area contributed by atoms with Gasteiger partial charge in [-0.2, -0.15) is 0 Å². The number of ether oxygens (including phenoxy) is 2. The lowest BCUT2D eigenvalue weighted by molar-refractivity contribution is 0.0687. The van der Waals surface area contributed by atoms with Gasteiger partial charge in [0.25, 0.3) is 0 Å². The lowest BCUT2D eigenvalue weighted by Gasteiger charge is -2.28. The molecule has 212 valence electrons. The summed E-state index contributed by atoms with van der Waals surface area (Å²) >= 11 is 0. The summed E-state index contributed by atoms with van der Waals surface area (Å²) in [5.41, 5.74) is 0. The van der Waals surface area contributed by atoms with Crippen LogP contribution in [-0.2, 0) is 36.0 Å². The molecule has 0 aliphatic carbocycles. The van der Waals surface area contributed by atoms with Crippen molar-refractivity contribution in [2.45, 2.75) is 79.3 Å². The van der Waals surface area contributed by atoms with E-state index in [2.05, 4.69) is 5.32 Å². The third-order valence-electron chi connectivity index (χ3n) is 5.08. The largest absolute Gasteiger partial charge is 0.500 e. The summed E-state index contributed by atoms with van der Waals surface area (Å²) in [4.78, 5) is 0. The predicted molar refractivity (Wildman–Crippen MR) is 144 cm³/mol. The molecule has 0 aliphatic rings. The van der Waals surface area contributed by atoms with Gasteiger partial charge in [0.2, 0.25) is 0 Å². The van der Waals surface area contributed by atoms with Crippen LogP contribution in [0.4, 0.5) is 0 Å². The molecule has 0 atom stereocenters. The number of hydrogen-bond acceptors (Lipinski definition) is 9. The molecular weight excluding hydrogens is 486 g/mol. The summed E-state index contributed by atoms with van der Waals surface area (Å²) in [7, 11) is -5.04. The number of rotatable bonds is 28. The SMILES string of the molecule is CCO[Si](CCCCOCCNCCOCCCC[Si](OCC)(OCC)OCC)(OCC)OCC. The number of nitrogens with one attached hydrogen (secondary N) is 1. The molecule has 0 rings (SSSR count). The second-order valence-electron chi connectivity index (χ2n) is 7.85. The molecule has 35 heavy (non-hydrogen) atoms. The molecule has 0 bridgehead atoms. The standard InChI is InChI=1S/C24H55NO8Si2/c1-7-28-34(29-8-2,30-9-3)23-15-13-19-26-21-17-25-18-22-27-20-14-16-24-35(31-10-4,32-11-5)33-12-6/h25H,7-24H2,1-6H3.